The molecule has 0 amide bonds. The molecule has 5 heteroatoms. The van der Waals surface area contributed by atoms with Crippen molar-refractivity contribution in [3.63, 3.8) is 0 Å². The first-order chi connectivity index (χ1) is 9.25. The van der Waals surface area contributed by atoms with Gasteiger partial charge < -0.3 is 15.3 Å². The number of hydrogen-bond acceptors (Lipinski definition) is 3. The van der Waals surface area contributed by atoms with Crippen molar-refractivity contribution in [3.05, 3.63) is 35.9 Å². The maximum atomic E-state index is 11.4. The van der Waals surface area contributed by atoms with Crippen molar-refractivity contribution in [1.29, 1.82) is 0 Å². The standard InChI is InChI=1S/C14H15N3O2/c18-14(19)11-9-13(17-7-5-15-6-8-17)16-12-4-2-1-3-10(11)12/h1-4,9,15H,5-8H2,(H,18,19)/p+1. The van der Waals surface area contributed by atoms with Crippen LogP contribution in [0.1, 0.15) is 10.4 Å². The first kappa shape index (κ1) is 11.9. The Balaban J connectivity index is 2.12. The Kier molecular flexibility index (Phi) is 3.05. The normalized spacial score (nSPS) is 15.7. The quantitative estimate of drug-likeness (QED) is 0.813. The molecule has 5 nitrogen and oxygen atoms in total. The molecule has 3 rings (SSSR count). The number of pyridine rings is 1. The van der Waals surface area contributed by atoms with E-state index in [4.69, 9.17) is 0 Å². The van der Waals surface area contributed by atoms with Crippen LogP contribution in [0.25, 0.3) is 10.9 Å². The maximum absolute atomic E-state index is 11.4. The zero-order chi connectivity index (χ0) is 13.2. The zero-order valence-electron chi connectivity index (χ0n) is 10.5. The van der Waals surface area contributed by atoms with E-state index < -0.39 is 5.97 Å². The number of fused-ring (bicyclic) bond motifs is 1. The highest BCUT2D eigenvalue weighted by atomic mass is 16.4. The summed E-state index contributed by atoms with van der Waals surface area (Å²) < 4.78 is 0. The van der Waals surface area contributed by atoms with Gasteiger partial charge in [0, 0.05) is 5.39 Å². The highest BCUT2D eigenvalue weighted by Gasteiger charge is 2.18. The van der Waals surface area contributed by atoms with Gasteiger partial charge >= 0.3 is 5.97 Å². The molecule has 3 N–H and O–H groups in total. The molecule has 1 aliphatic heterocycles. The van der Waals surface area contributed by atoms with Crippen LogP contribution >= 0.6 is 0 Å². The van der Waals surface area contributed by atoms with Crippen LogP contribution in [-0.2, 0) is 0 Å². The number of benzene rings is 1. The number of aromatic nitrogens is 1. The number of para-hydroxylation sites is 1. The molecular formula is C14H16N3O2+. The summed E-state index contributed by atoms with van der Waals surface area (Å²) in [6.07, 6.45) is 0. The largest absolute Gasteiger partial charge is 0.478 e. The van der Waals surface area contributed by atoms with Gasteiger partial charge in [-0.2, -0.15) is 0 Å². The lowest BCUT2D eigenvalue weighted by atomic mass is 10.1. The summed E-state index contributed by atoms with van der Waals surface area (Å²) in [6.45, 7) is 3.86. The van der Waals surface area contributed by atoms with Gasteiger partial charge in [-0.15, -0.1) is 0 Å². The monoisotopic (exact) mass is 258 g/mol. The van der Waals surface area contributed by atoms with Gasteiger partial charge in [0.25, 0.3) is 0 Å². The summed E-state index contributed by atoms with van der Waals surface area (Å²) >= 11 is 0. The Morgan fingerprint density at radius 3 is 2.74 bits per heavy atom. The van der Waals surface area contributed by atoms with E-state index in [0.717, 1.165) is 37.5 Å². The molecule has 19 heavy (non-hydrogen) atoms. The highest BCUT2D eigenvalue weighted by molar-refractivity contribution is 6.03. The molecule has 0 spiro atoms. The molecule has 98 valence electrons. The number of piperazine rings is 1. The van der Waals surface area contributed by atoms with Crippen LogP contribution in [0.4, 0.5) is 5.82 Å². The molecule has 2 aromatic rings. The second-order valence-electron chi connectivity index (χ2n) is 4.70. The van der Waals surface area contributed by atoms with E-state index in [1.165, 1.54) is 0 Å². The minimum Gasteiger partial charge on any atom is -0.478 e. The van der Waals surface area contributed by atoms with Crippen molar-refractivity contribution in [2.24, 2.45) is 0 Å². The lowest BCUT2D eigenvalue weighted by Crippen LogP contribution is -2.89. The van der Waals surface area contributed by atoms with E-state index in [-0.39, 0.29) is 0 Å². The van der Waals surface area contributed by atoms with E-state index in [1.54, 1.807) is 12.1 Å². The maximum Gasteiger partial charge on any atom is 0.336 e. The molecule has 0 saturated carbocycles. The van der Waals surface area contributed by atoms with Crippen LogP contribution in [-0.4, -0.2) is 42.2 Å². The molecule has 1 fully saturated rings. The third-order valence-corrected chi connectivity index (χ3v) is 3.46. The summed E-state index contributed by atoms with van der Waals surface area (Å²) in [5.74, 6) is -0.132. The summed E-state index contributed by atoms with van der Waals surface area (Å²) in [4.78, 5) is 18.1. The average Bonchev–Trinajstić information content (AvgIpc) is 2.47. The molecule has 0 radical (unpaired) electrons. The Bertz CT molecular complexity index is 621. The lowest BCUT2D eigenvalue weighted by molar-refractivity contribution is -0.655. The van der Waals surface area contributed by atoms with Crippen molar-refractivity contribution in [1.82, 2.24) is 4.98 Å². The highest BCUT2D eigenvalue weighted by Crippen LogP contribution is 2.23. The molecule has 0 bridgehead atoms. The van der Waals surface area contributed by atoms with Gasteiger partial charge in [0.05, 0.1) is 37.3 Å². The van der Waals surface area contributed by atoms with E-state index in [0.29, 0.717) is 10.9 Å². The predicted molar refractivity (Wildman–Crippen MR) is 72.6 cm³/mol. The molecule has 1 saturated heterocycles. The number of carboxylic acid groups (broad SMARTS) is 1. The van der Waals surface area contributed by atoms with Crippen LogP contribution in [0.5, 0.6) is 0 Å². The number of hydrogen-bond donors (Lipinski definition) is 2. The number of anilines is 1. The van der Waals surface area contributed by atoms with Crippen molar-refractivity contribution >= 4 is 22.7 Å². The number of carbonyl (C=O) groups is 1. The third-order valence-electron chi connectivity index (χ3n) is 3.46. The minimum atomic E-state index is -0.900. The van der Waals surface area contributed by atoms with Crippen molar-refractivity contribution in [2.75, 3.05) is 31.1 Å². The Morgan fingerprint density at radius 2 is 2.00 bits per heavy atom. The number of aromatic carboxylic acids is 1. The average molecular weight is 258 g/mol. The molecular weight excluding hydrogens is 242 g/mol. The second-order valence-corrected chi connectivity index (χ2v) is 4.70. The van der Waals surface area contributed by atoms with E-state index in [2.05, 4.69) is 15.2 Å². The van der Waals surface area contributed by atoms with Crippen molar-refractivity contribution in [2.45, 2.75) is 0 Å². The molecule has 1 aromatic carbocycles. The molecule has 0 atom stereocenters. The first-order valence-electron chi connectivity index (χ1n) is 6.45. The molecule has 2 heterocycles. The third kappa shape index (κ3) is 2.24. The molecule has 0 aliphatic carbocycles. The summed E-state index contributed by atoms with van der Waals surface area (Å²) in [6, 6.07) is 9.08. The fourth-order valence-corrected chi connectivity index (χ4v) is 2.48. The van der Waals surface area contributed by atoms with Gasteiger partial charge in [-0.3, -0.25) is 0 Å². The molecule has 1 aliphatic rings. The van der Waals surface area contributed by atoms with Crippen LogP contribution in [0.15, 0.2) is 30.3 Å². The SMILES string of the molecule is O=C(O)c1cc(N2CC[NH2+]CC2)nc2ccccc12. The van der Waals surface area contributed by atoms with Gasteiger partial charge in [-0.05, 0) is 12.1 Å². The fourth-order valence-electron chi connectivity index (χ4n) is 2.48. The van der Waals surface area contributed by atoms with E-state index in [9.17, 15) is 9.90 Å². The van der Waals surface area contributed by atoms with Crippen LogP contribution in [0, 0.1) is 0 Å². The first-order valence-corrected chi connectivity index (χ1v) is 6.45. The number of nitrogens with two attached hydrogens (primary N) is 1. The molecule has 1 aromatic heterocycles. The van der Waals surface area contributed by atoms with Gasteiger partial charge in [0.2, 0.25) is 0 Å². The van der Waals surface area contributed by atoms with Gasteiger partial charge in [0.15, 0.2) is 0 Å². The predicted octanol–water partition coefficient (Wildman–Crippen LogP) is 0.316. The number of nitrogens with zero attached hydrogens (tertiary/aromatic N) is 2. The van der Waals surface area contributed by atoms with Crippen molar-refractivity contribution in [3.8, 4) is 0 Å². The zero-order valence-corrected chi connectivity index (χ0v) is 10.5. The number of quaternary nitrogens is 1. The van der Waals surface area contributed by atoms with E-state index in [1.807, 2.05) is 18.2 Å². The summed E-state index contributed by atoms with van der Waals surface area (Å²) in [7, 11) is 0. The van der Waals surface area contributed by atoms with Crippen molar-refractivity contribution < 1.29 is 15.2 Å². The summed E-state index contributed by atoms with van der Waals surface area (Å²) in [5.41, 5.74) is 1.07. The van der Waals surface area contributed by atoms with Crippen LogP contribution in [0.2, 0.25) is 0 Å². The van der Waals surface area contributed by atoms with Gasteiger partial charge in [-0.1, -0.05) is 18.2 Å². The van der Waals surface area contributed by atoms with E-state index >= 15 is 0 Å². The second kappa shape index (κ2) is 4.85. The Morgan fingerprint density at radius 1 is 1.26 bits per heavy atom. The summed E-state index contributed by atoms with van der Waals surface area (Å²) in [5, 5.41) is 12.3. The Hall–Kier alpha value is -2.14. The van der Waals surface area contributed by atoms with Gasteiger partial charge in [-0.25, -0.2) is 9.78 Å². The molecule has 0 unspecified atom stereocenters. The minimum absolute atomic E-state index is 0.329. The fraction of sp³-hybridized carbons (Fsp3) is 0.286. The van der Waals surface area contributed by atoms with Gasteiger partial charge in [0.1, 0.15) is 5.82 Å². The smallest absolute Gasteiger partial charge is 0.336 e. The van der Waals surface area contributed by atoms with Crippen LogP contribution < -0.4 is 10.2 Å². The number of rotatable bonds is 2. The van der Waals surface area contributed by atoms with Crippen LogP contribution in [0.3, 0.4) is 0 Å². The topological polar surface area (TPSA) is 70.0 Å². The number of carboxylic acids is 1. The Labute approximate surface area is 110 Å². The lowest BCUT2D eigenvalue weighted by Gasteiger charge is -2.26.